The topological polar surface area (TPSA) is 0 Å². The Labute approximate surface area is 72.3 Å². The fraction of sp³-hybridized carbons (Fsp3) is 0.600. The van der Waals surface area contributed by atoms with Crippen LogP contribution in [0.2, 0.25) is 0 Å². The minimum absolute atomic E-state index is 1.22. The van der Waals surface area contributed by atoms with Crippen LogP contribution in [0.25, 0.3) is 0 Å². The molecule has 1 aliphatic carbocycles. The van der Waals surface area contributed by atoms with Gasteiger partial charge in [-0.25, -0.2) is 0 Å². The summed E-state index contributed by atoms with van der Waals surface area (Å²) >= 11 is 2.04. The van der Waals surface area contributed by atoms with E-state index in [1.807, 2.05) is 11.3 Å². The molecule has 0 saturated carbocycles. The van der Waals surface area contributed by atoms with Crippen molar-refractivity contribution in [2.75, 3.05) is 0 Å². The van der Waals surface area contributed by atoms with E-state index in [4.69, 9.17) is 0 Å². The summed E-state index contributed by atoms with van der Waals surface area (Å²) in [6.45, 7) is 2.25. The maximum atomic E-state index is 2.42. The van der Waals surface area contributed by atoms with E-state index in [0.29, 0.717) is 0 Å². The molecular formula is C10H14S. The number of thiophene rings is 1. The SMILES string of the molecule is CCc1cc2c(s1)CCCC2. The van der Waals surface area contributed by atoms with Crippen molar-refractivity contribution in [3.8, 4) is 0 Å². The Kier molecular flexibility index (Phi) is 1.99. The Bertz CT molecular complexity index is 224. The number of aryl methyl sites for hydroxylation is 3. The average molecular weight is 166 g/mol. The third kappa shape index (κ3) is 1.34. The Balaban J connectivity index is 2.32. The van der Waals surface area contributed by atoms with Gasteiger partial charge in [-0.1, -0.05) is 6.92 Å². The first-order valence-corrected chi connectivity index (χ1v) is 5.32. The summed E-state index contributed by atoms with van der Waals surface area (Å²) in [5, 5.41) is 0. The van der Waals surface area contributed by atoms with Gasteiger partial charge in [-0.2, -0.15) is 0 Å². The molecule has 1 aromatic heterocycles. The van der Waals surface area contributed by atoms with Crippen LogP contribution in [-0.4, -0.2) is 0 Å². The van der Waals surface area contributed by atoms with E-state index in [1.54, 1.807) is 15.3 Å². The second-order valence-electron chi connectivity index (χ2n) is 3.22. The summed E-state index contributed by atoms with van der Waals surface area (Å²) in [6, 6.07) is 2.42. The molecule has 1 heteroatoms. The Morgan fingerprint density at radius 2 is 2.18 bits per heavy atom. The molecule has 0 aliphatic heterocycles. The van der Waals surface area contributed by atoms with Crippen LogP contribution in [0.1, 0.15) is 35.1 Å². The lowest BCUT2D eigenvalue weighted by Crippen LogP contribution is -1.96. The highest BCUT2D eigenvalue weighted by atomic mass is 32.1. The molecule has 0 aromatic carbocycles. The lowest BCUT2D eigenvalue weighted by atomic mass is 9.99. The Hall–Kier alpha value is -0.300. The molecule has 0 atom stereocenters. The van der Waals surface area contributed by atoms with Crippen molar-refractivity contribution in [1.82, 2.24) is 0 Å². The quantitative estimate of drug-likeness (QED) is 0.601. The fourth-order valence-electron chi connectivity index (χ4n) is 1.73. The molecule has 1 aromatic rings. The monoisotopic (exact) mass is 166 g/mol. The highest BCUT2D eigenvalue weighted by molar-refractivity contribution is 7.12. The van der Waals surface area contributed by atoms with Gasteiger partial charge in [-0.15, -0.1) is 11.3 Å². The van der Waals surface area contributed by atoms with Gasteiger partial charge in [-0.3, -0.25) is 0 Å². The molecule has 60 valence electrons. The Morgan fingerprint density at radius 3 is 2.91 bits per heavy atom. The van der Waals surface area contributed by atoms with Crippen molar-refractivity contribution in [2.24, 2.45) is 0 Å². The zero-order valence-corrected chi connectivity index (χ0v) is 7.84. The molecule has 0 N–H and O–H groups in total. The molecule has 1 aliphatic rings. The first kappa shape index (κ1) is 7.35. The highest BCUT2D eigenvalue weighted by Crippen LogP contribution is 2.29. The molecule has 1 heterocycles. The van der Waals surface area contributed by atoms with Gasteiger partial charge in [0.05, 0.1) is 0 Å². The van der Waals surface area contributed by atoms with Crippen molar-refractivity contribution in [2.45, 2.75) is 39.0 Å². The number of rotatable bonds is 1. The van der Waals surface area contributed by atoms with Gasteiger partial charge >= 0.3 is 0 Å². The third-order valence-corrected chi connectivity index (χ3v) is 3.78. The van der Waals surface area contributed by atoms with Crippen LogP contribution in [0.5, 0.6) is 0 Å². The molecular weight excluding hydrogens is 152 g/mol. The van der Waals surface area contributed by atoms with Gasteiger partial charge in [-0.05, 0) is 43.7 Å². The van der Waals surface area contributed by atoms with Crippen LogP contribution in [0.4, 0.5) is 0 Å². The summed E-state index contributed by atoms with van der Waals surface area (Å²) in [5.74, 6) is 0. The van der Waals surface area contributed by atoms with Crippen molar-refractivity contribution < 1.29 is 0 Å². The molecule has 0 nitrogen and oxygen atoms in total. The van der Waals surface area contributed by atoms with E-state index in [2.05, 4.69) is 13.0 Å². The van der Waals surface area contributed by atoms with Gasteiger partial charge < -0.3 is 0 Å². The molecule has 0 unspecified atom stereocenters. The predicted octanol–water partition coefficient (Wildman–Crippen LogP) is 3.19. The van der Waals surface area contributed by atoms with E-state index in [1.165, 1.54) is 32.1 Å². The molecule has 0 amide bonds. The highest BCUT2D eigenvalue weighted by Gasteiger charge is 2.11. The van der Waals surface area contributed by atoms with Crippen LogP contribution in [0.3, 0.4) is 0 Å². The van der Waals surface area contributed by atoms with Crippen molar-refractivity contribution >= 4 is 11.3 Å². The zero-order chi connectivity index (χ0) is 7.68. The van der Waals surface area contributed by atoms with E-state index >= 15 is 0 Å². The molecule has 0 fully saturated rings. The van der Waals surface area contributed by atoms with Crippen LogP contribution in [-0.2, 0) is 19.3 Å². The number of hydrogen-bond acceptors (Lipinski definition) is 1. The number of hydrogen-bond donors (Lipinski definition) is 0. The van der Waals surface area contributed by atoms with E-state index in [9.17, 15) is 0 Å². The maximum Gasteiger partial charge on any atom is 0.00801 e. The number of fused-ring (bicyclic) bond motifs is 1. The summed E-state index contributed by atoms with van der Waals surface area (Å²) in [5.41, 5.74) is 1.65. The molecule has 0 saturated heterocycles. The maximum absolute atomic E-state index is 2.42. The molecule has 11 heavy (non-hydrogen) atoms. The first-order valence-electron chi connectivity index (χ1n) is 4.50. The summed E-state index contributed by atoms with van der Waals surface area (Å²) in [7, 11) is 0. The van der Waals surface area contributed by atoms with Crippen molar-refractivity contribution in [1.29, 1.82) is 0 Å². The van der Waals surface area contributed by atoms with Crippen LogP contribution in [0, 0.1) is 0 Å². The lowest BCUT2D eigenvalue weighted by molar-refractivity contribution is 0.697. The van der Waals surface area contributed by atoms with Crippen molar-refractivity contribution in [3.63, 3.8) is 0 Å². The summed E-state index contributed by atoms with van der Waals surface area (Å²) < 4.78 is 0. The van der Waals surface area contributed by atoms with Gasteiger partial charge in [0.25, 0.3) is 0 Å². The van der Waals surface area contributed by atoms with E-state index in [-0.39, 0.29) is 0 Å². The van der Waals surface area contributed by atoms with E-state index in [0.717, 1.165) is 0 Å². The van der Waals surface area contributed by atoms with E-state index < -0.39 is 0 Å². The first-order chi connectivity index (χ1) is 5.40. The second-order valence-corrected chi connectivity index (χ2v) is 4.44. The summed E-state index contributed by atoms with van der Waals surface area (Å²) in [4.78, 5) is 3.25. The zero-order valence-electron chi connectivity index (χ0n) is 7.02. The van der Waals surface area contributed by atoms with Gasteiger partial charge in [0.15, 0.2) is 0 Å². The smallest absolute Gasteiger partial charge is 0.00801 e. The largest absolute Gasteiger partial charge is 0.145 e. The fourth-order valence-corrected chi connectivity index (χ4v) is 2.93. The van der Waals surface area contributed by atoms with Crippen LogP contribution < -0.4 is 0 Å². The minimum Gasteiger partial charge on any atom is -0.145 e. The normalized spacial score (nSPS) is 16.5. The minimum atomic E-state index is 1.22. The molecule has 2 rings (SSSR count). The van der Waals surface area contributed by atoms with Gasteiger partial charge in [0, 0.05) is 9.75 Å². The second kappa shape index (κ2) is 2.98. The molecule has 0 bridgehead atoms. The summed E-state index contributed by atoms with van der Waals surface area (Å²) in [6.07, 6.45) is 6.73. The predicted molar refractivity (Wildman–Crippen MR) is 50.3 cm³/mol. The Morgan fingerprint density at radius 1 is 1.36 bits per heavy atom. The molecule has 0 spiro atoms. The van der Waals surface area contributed by atoms with Crippen molar-refractivity contribution in [3.05, 3.63) is 21.4 Å². The molecule has 0 radical (unpaired) electrons. The lowest BCUT2D eigenvalue weighted by Gasteiger charge is -2.08. The van der Waals surface area contributed by atoms with Gasteiger partial charge in [0.1, 0.15) is 0 Å². The third-order valence-electron chi connectivity index (χ3n) is 2.40. The average Bonchev–Trinajstić information content (AvgIpc) is 2.46. The van der Waals surface area contributed by atoms with Gasteiger partial charge in [0.2, 0.25) is 0 Å². The van der Waals surface area contributed by atoms with Crippen LogP contribution >= 0.6 is 11.3 Å². The standard InChI is InChI=1S/C10H14S/c1-2-9-7-8-5-3-4-6-10(8)11-9/h7H,2-6H2,1H3. The van der Waals surface area contributed by atoms with Crippen LogP contribution in [0.15, 0.2) is 6.07 Å².